The zero-order valence-corrected chi connectivity index (χ0v) is 37.2. The molecular formula is C63H44N2O2. The highest BCUT2D eigenvalue weighted by Crippen LogP contribution is 2.64. The number of nitrogens with zero attached hydrogens (tertiary/aromatic N) is 2. The lowest BCUT2D eigenvalue weighted by molar-refractivity contribution is 0.665. The van der Waals surface area contributed by atoms with Gasteiger partial charge in [-0.25, -0.2) is 0 Å². The Bertz CT molecular complexity index is 3580. The van der Waals surface area contributed by atoms with E-state index in [-0.39, 0.29) is 0 Å². The van der Waals surface area contributed by atoms with Crippen molar-refractivity contribution in [2.75, 3.05) is 9.80 Å². The van der Waals surface area contributed by atoms with E-state index < -0.39 is 5.41 Å². The van der Waals surface area contributed by atoms with Crippen LogP contribution in [-0.4, -0.2) is 0 Å². The fraction of sp³-hybridized carbons (Fsp3) is 0.0476. The van der Waals surface area contributed by atoms with Crippen LogP contribution < -0.4 is 9.80 Å². The van der Waals surface area contributed by atoms with Gasteiger partial charge in [0.25, 0.3) is 0 Å². The van der Waals surface area contributed by atoms with Crippen LogP contribution in [0.15, 0.2) is 239 Å². The summed E-state index contributed by atoms with van der Waals surface area (Å²) in [6, 6.07) is 83.1. The summed E-state index contributed by atoms with van der Waals surface area (Å²) in [5.74, 6) is 0. The fourth-order valence-electron chi connectivity index (χ4n) is 11.1. The van der Waals surface area contributed by atoms with Gasteiger partial charge in [0.1, 0.15) is 22.3 Å². The van der Waals surface area contributed by atoms with Crippen molar-refractivity contribution >= 4 is 78.0 Å². The smallest absolute Gasteiger partial charge is 0.145 e. The zero-order valence-electron chi connectivity index (χ0n) is 37.2. The molecule has 0 saturated carbocycles. The molecule has 13 rings (SSSR count). The highest BCUT2D eigenvalue weighted by Gasteiger charge is 2.50. The van der Waals surface area contributed by atoms with Crippen molar-refractivity contribution in [1.29, 1.82) is 0 Å². The Balaban J connectivity index is 1.27. The van der Waals surface area contributed by atoms with Gasteiger partial charge in [0.05, 0.1) is 27.6 Å². The minimum atomic E-state index is -0.846. The molecule has 0 amide bonds. The van der Waals surface area contributed by atoms with Crippen LogP contribution in [0.25, 0.3) is 55.0 Å². The molecule has 0 unspecified atom stereocenters. The van der Waals surface area contributed by atoms with Gasteiger partial charge >= 0.3 is 0 Å². The van der Waals surface area contributed by atoms with Crippen molar-refractivity contribution in [2.24, 2.45) is 0 Å². The lowest BCUT2D eigenvalue weighted by atomic mass is 9.67. The first kappa shape index (κ1) is 38.8. The van der Waals surface area contributed by atoms with Crippen LogP contribution in [0.3, 0.4) is 0 Å². The van der Waals surface area contributed by atoms with Crippen LogP contribution in [0.2, 0.25) is 0 Å². The van der Waals surface area contributed by atoms with Gasteiger partial charge in [-0.2, -0.15) is 0 Å². The Morgan fingerprint density at radius 1 is 0.343 bits per heavy atom. The summed E-state index contributed by atoms with van der Waals surface area (Å²) >= 11 is 0. The van der Waals surface area contributed by atoms with Crippen LogP contribution in [0, 0.1) is 13.8 Å². The number of benzene rings is 10. The fourth-order valence-corrected chi connectivity index (χ4v) is 11.1. The first-order chi connectivity index (χ1) is 33.1. The van der Waals surface area contributed by atoms with Crippen molar-refractivity contribution < 1.29 is 8.83 Å². The van der Waals surface area contributed by atoms with E-state index in [1.54, 1.807) is 0 Å². The van der Waals surface area contributed by atoms with E-state index in [2.05, 4.69) is 254 Å². The largest absolute Gasteiger partial charge is 0.455 e. The van der Waals surface area contributed by atoms with Crippen molar-refractivity contribution in [3.05, 3.63) is 264 Å². The van der Waals surface area contributed by atoms with Gasteiger partial charge in [0.15, 0.2) is 0 Å². The Hall–Kier alpha value is -8.60. The second-order valence-electron chi connectivity index (χ2n) is 17.7. The number of anilines is 6. The van der Waals surface area contributed by atoms with Gasteiger partial charge in [-0.05, 0) is 120 Å². The van der Waals surface area contributed by atoms with Gasteiger partial charge in [-0.1, -0.05) is 158 Å². The van der Waals surface area contributed by atoms with Crippen LogP contribution in [0.4, 0.5) is 34.1 Å². The van der Waals surface area contributed by atoms with E-state index in [4.69, 9.17) is 8.83 Å². The average molecular weight is 861 g/mol. The summed E-state index contributed by atoms with van der Waals surface area (Å²) in [6.07, 6.45) is 0. The Morgan fingerprint density at radius 2 is 0.701 bits per heavy atom. The molecule has 0 saturated heterocycles. The number of hydrogen-bond donors (Lipinski definition) is 0. The summed E-state index contributed by atoms with van der Waals surface area (Å²) in [4.78, 5) is 4.83. The maximum Gasteiger partial charge on any atom is 0.145 e. The van der Waals surface area contributed by atoms with E-state index in [1.165, 1.54) is 11.1 Å². The molecule has 10 aromatic carbocycles. The van der Waals surface area contributed by atoms with Crippen molar-refractivity contribution in [2.45, 2.75) is 19.3 Å². The van der Waals surface area contributed by atoms with E-state index in [0.717, 1.165) is 111 Å². The highest BCUT2D eigenvalue weighted by atomic mass is 16.3. The van der Waals surface area contributed by atoms with Crippen molar-refractivity contribution in [3.8, 4) is 11.1 Å². The van der Waals surface area contributed by atoms with E-state index >= 15 is 0 Å². The minimum Gasteiger partial charge on any atom is -0.455 e. The number of para-hydroxylation sites is 4. The van der Waals surface area contributed by atoms with Gasteiger partial charge in [0.2, 0.25) is 0 Å². The molecule has 318 valence electrons. The maximum absolute atomic E-state index is 7.38. The number of fused-ring (bicyclic) bond motifs is 11. The molecular weight excluding hydrogens is 817 g/mol. The van der Waals surface area contributed by atoms with Crippen LogP contribution >= 0.6 is 0 Å². The topological polar surface area (TPSA) is 32.8 Å². The quantitative estimate of drug-likeness (QED) is 0.152. The lowest BCUT2D eigenvalue weighted by Crippen LogP contribution is -2.29. The maximum atomic E-state index is 7.38. The van der Waals surface area contributed by atoms with Gasteiger partial charge in [0, 0.05) is 44.6 Å². The molecule has 4 heteroatoms. The third-order valence-corrected chi connectivity index (χ3v) is 13.8. The molecule has 0 spiro atoms. The first-order valence-electron chi connectivity index (χ1n) is 23.0. The first-order valence-corrected chi connectivity index (χ1v) is 23.0. The Morgan fingerprint density at radius 3 is 1.10 bits per heavy atom. The van der Waals surface area contributed by atoms with E-state index in [0.29, 0.717) is 0 Å². The zero-order chi connectivity index (χ0) is 44.6. The molecule has 0 bridgehead atoms. The second kappa shape index (κ2) is 15.3. The summed E-state index contributed by atoms with van der Waals surface area (Å²) in [7, 11) is 0. The van der Waals surface area contributed by atoms with Crippen LogP contribution in [0.1, 0.15) is 33.4 Å². The average Bonchev–Trinajstić information content (AvgIpc) is 4.05. The molecule has 67 heavy (non-hydrogen) atoms. The third kappa shape index (κ3) is 5.86. The van der Waals surface area contributed by atoms with Crippen LogP contribution in [0.5, 0.6) is 0 Å². The Kier molecular flexibility index (Phi) is 8.84. The molecule has 1 aliphatic carbocycles. The standard InChI is InChI=1S/C63H44N2O2/c1-41-21-19-31-47(37-41)64(45-27-11-5-12-28-45)53-39-51-59(61-57(53)49-33-15-17-35-55(49)66-61)60-52(63(51,43-23-7-3-8-24-43)44-25-9-4-10-26-44)40-54(58-50-34-16-18-36-56(50)67-62(58)60)65(46-29-13-6-14-30-46)48-32-20-22-42(2)38-48/h3-40H,1-2H3. The molecule has 2 heterocycles. The summed E-state index contributed by atoms with van der Waals surface area (Å²) in [5.41, 5.74) is 17.7. The summed E-state index contributed by atoms with van der Waals surface area (Å²) < 4.78 is 14.8. The molecule has 0 atom stereocenters. The number of aryl methyl sites for hydroxylation is 2. The van der Waals surface area contributed by atoms with E-state index in [9.17, 15) is 0 Å². The van der Waals surface area contributed by atoms with Gasteiger partial charge in [-0.15, -0.1) is 0 Å². The second-order valence-corrected chi connectivity index (χ2v) is 17.7. The summed E-state index contributed by atoms with van der Waals surface area (Å²) in [5, 5.41) is 4.19. The lowest BCUT2D eigenvalue weighted by Gasteiger charge is -2.36. The number of furan rings is 2. The predicted octanol–water partition coefficient (Wildman–Crippen LogP) is 17.4. The van der Waals surface area contributed by atoms with E-state index in [1.807, 2.05) is 0 Å². The molecule has 2 aromatic heterocycles. The monoisotopic (exact) mass is 860 g/mol. The normalized spacial score (nSPS) is 12.7. The van der Waals surface area contributed by atoms with Crippen LogP contribution in [-0.2, 0) is 5.41 Å². The predicted molar refractivity (Wildman–Crippen MR) is 277 cm³/mol. The highest BCUT2D eigenvalue weighted by molar-refractivity contribution is 6.25. The molecule has 1 aliphatic rings. The number of rotatable bonds is 8. The molecule has 0 N–H and O–H groups in total. The Labute approximate surface area is 389 Å². The molecule has 0 aliphatic heterocycles. The molecule has 0 fully saturated rings. The molecule has 0 radical (unpaired) electrons. The van der Waals surface area contributed by atoms with Crippen molar-refractivity contribution in [1.82, 2.24) is 0 Å². The SMILES string of the molecule is Cc1cccc(N(c2ccccc2)c2cc3c(c4oc5ccccc5c24)-c2c(cc(N(c4ccccc4)c4cccc(C)c4)c4c2oc2ccccc24)C3(c2ccccc2)c2ccccc2)c1. The molecule has 12 aromatic rings. The van der Waals surface area contributed by atoms with Crippen molar-refractivity contribution in [3.63, 3.8) is 0 Å². The molecule has 4 nitrogen and oxygen atoms in total. The van der Waals surface area contributed by atoms with Gasteiger partial charge < -0.3 is 18.6 Å². The third-order valence-electron chi connectivity index (χ3n) is 13.8. The summed E-state index contributed by atoms with van der Waals surface area (Å²) in [6.45, 7) is 4.33. The minimum absolute atomic E-state index is 0.824. The van der Waals surface area contributed by atoms with Gasteiger partial charge in [-0.3, -0.25) is 0 Å². The number of hydrogen-bond acceptors (Lipinski definition) is 4.